The number of rotatable bonds is 11. The molecule has 4 heteroatoms. The topological polar surface area (TPSA) is 35.0 Å². The Morgan fingerprint density at radius 1 is 0.909 bits per heavy atom. The average Bonchev–Trinajstić information content (AvgIpc) is 2.54. The molecule has 3 nitrogen and oxygen atoms in total. The number of aryl methyl sites for hydroxylation is 1. The molecule has 0 fully saturated rings. The summed E-state index contributed by atoms with van der Waals surface area (Å²) in [5, 5.41) is 0. The van der Waals surface area contributed by atoms with E-state index in [1.54, 1.807) is 7.11 Å². The van der Waals surface area contributed by atoms with E-state index in [1.165, 1.54) is 55.7 Å². The van der Waals surface area contributed by atoms with Gasteiger partial charge < -0.3 is 0 Å². The SMILES string of the molecule is CCC[CH2][Sn]([CH2]CCC)([CH2]CCC)[c]1nc(C)cc(OC)n1. The van der Waals surface area contributed by atoms with Crippen LogP contribution in [0.1, 0.15) is 65.0 Å². The van der Waals surface area contributed by atoms with E-state index in [9.17, 15) is 0 Å². The zero-order chi connectivity index (χ0) is 16.4. The summed E-state index contributed by atoms with van der Waals surface area (Å²) >= 11 is -2.51. The van der Waals surface area contributed by atoms with Gasteiger partial charge in [-0.15, -0.1) is 0 Å². The summed E-state index contributed by atoms with van der Waals surface area (Å²) in [5.74, 6) is 0.757. The van der Waals surface area contributed by atoms with E-state index in [-0.39, 0.29) is 0 Å². The molecule has 1 aromatic rings. The van der Waals surface area contributed by atoms with Gasteiger partial charge in [0.15, 0.2) is 0 Å². The molecular weight excluding hydrogens is 379 g/mol. The zero-order valence-corrected chi connectivity index (χ0v) is 18.1. The van der Waals surface area contributed by atoms with Gasteiger partial charge in [0.05, 0.1) is 0 Å². The molecule has 1 aromatic heterocycles. The predicted octanol–water partition coefficient (Wildman–Crippen LogP) is 4.85. The fourth-order valence-corrected chi connectivity index (χ4v) is 18.2. The van der Waals surface area contributed by atoms with Crippen molar-refractivity contribution < 1.29 is 4.74 Å². The fourth-order valence-electron chi connectivity index (χ4n) is 3.14. The molecule has 0 aliphatic carbocycles. The molecule has 1 heterocycles. The van der Waals surface area contributed by atoms with Crippen molar-refractivity contribution in [2.45, 2.75) is 79.5 Å². The van der Waals surface area contributed by atoms with Crippen molar-refractivity contribution in [1.82, 2.24) is 9.97 Å². The van der Waals surface area contributed by atoms with Crippen LogP contribution in [-0.2, 0) is 0 Å². The van der Waals surface area contributed by atoms with Crippen LogP contribution in [0.3, 0.4) is 0 Å². The minimum atomic E-state index is -2.51. The zero-order valence-electron chi connectivity index (χ0n) is 15.2. The van der Waals surface area contributed by atoms with E-state index in [4.69, 9.17) is 14.7 Å². The van der Waals surface area contributed by atoms with Crippen molar-refractivity contribution >= 4 is 22.2 Å². The first-order valence-electron chi connectivity index (χ1n) is 9.02. The number of aromatic nitrogens is 2. The molecule has 0 amide bonds. The molecule has 22 heavy (non-hydrogen) atoms. The molecule has 0 saturated carbocycles. The number of ether oxygens (including phenoxy) is 1. The molecule has 0 atom stereocenters. The van der Waals surface area contributed by atoms with Gasteiger partial charge in [-0.2, -0.15) is 0 Å². The molecule has 0 aliphatic rings. The van der Waals surface area contributed by atoms with Crippen molar-refractivity contribution in [3.63, 3.8) is 0 Å². The Hall–Kier alpha value is -0.321. The van der Waals surface area contributed by atoms with Gasteiger partial charge in [-0.25, -0.2) is 0 Å². The molecule has 0 aromatic carbocycles. The third-order valence-electron chi connectivity index (χ3n) is 4.54. The first-order chi connectivity index (χ1) is 10.6. The molecule has 1 rings (SSSR count). The average molecular weight is 413 g/mol. The monoisotopic (exact) mass is 414 g/mol. The molecule has 0 N–H and O–H groups in total. The van der Waals surface area contributed by atoms with Gasteiger partial charge in [-0.05, 0) is 0 Å². The summed E-state index contributed by atoms with van der Waals surface area (Å²) in [4.78, 5) is 9.76. The quantitative estimate of drug-likeness (QED) is 0.487. The Morgan fingerprint density at radius 2 is 1.41 bits per heavy atom. The summed E-state index contributed by atoms with van der Waals surface area (Å²) in [6.07, 6.45) is 7.84. The number of methoxy groups -OCH3 is 1. The van der Waals surface area contributed by atoms with Crippen LogP contribution < -0.4 is 8.58 Å². The van der Waals surface area contributed by atoms with Crippen molar-refractivity contribution in [2.24, 2.45) is 0 Å². The van der Waals surface area contributed by atoms with Gasteiger partial charge in [-0.3, -0.25) is 0 Å². The second-order valence-corrected chi connectivity index (χ2v) is 19.3. The van der Waals surface area contributed by atoms with Crippen molar-refractivity contribution in [3.8, 4) is 5.88 Å². The van der Waals surface area contributed by atoms with Gasteiger partial charge in [0.1, 0.15) is 0 Å². The van der Waals surface area contributed by atoms with Crippen LogP contribution in [0.25, 0.3) is 0 Å². The van der Waals surface area contributed by atoms with E-state index < -0.39 is 18.4 Å². The second-order valence-electron chi connectivity index (χ2n) is 6.47. The van der Waals surface area contributed by atoms with Gasteiger partial charge in [0, 0.05) is 0 Å². The summed E-state index contributed by atoms with van der Waals surface area (Å²) in [5.41, 5.74) is 1.06. The summed E-state index contributed by atoms with van der Waals surface area (Å²) in [6.45, 7) is 8.97. The third kappa shape index (κ3) is 5.71. The Kier molecular flexibility index (Phi) is 9.37. The normalized spacial score (nSPS) is 11.7. The molecular formula is C18H34N2OSn. The van der Waals surface area contributed by atoms with Crippen LogP contribution in [0.2, 0.25) is 13.3 Å². The van der Waals surface area contributed by atoms with Gasteiger partial charge in [0.25, 0.3) is 0 Å². The molecule has 0 unspecified atom stereocenters. The molecule has 126 valence electrons. The molecule has 0 saturated heterocycles. The van der Waals surface area contributed by atoms with E-state index in [2.05, 4.69) is 27.7 Å². The number of hydrogen-bond acceptors (Lipinski definition) is 3. The predicted molar refractivity (Wildman–Crippen MR) is 97.9 cm³/mol. The van der Waals surface area contributed by atoms with Crippen LogP contribution in [0.4, 0.5) is 0 Å². The molecule has 0 radical (unpaired) electrons. The van der Waals surface area contributed by atoms with Crippen LogP contribution in [0.5, 0.6) is 5.88 Å². The maximum absolute atomic E-state index is 5.43. The Bertz CT molecular complexity index is 415. The number of unbranched alkanes of at least 4 members (excludes halogenated alkanes) is 3. The van der Waals surface area contributed by atoms with Crippen molar-refractivity contribution in [3.05, 3.63) is 11.8 Å². The maximum atomic E-state index is 5.43. The summed E-state index contributed by atoms with van der Waals surface area (Å²) in [7, 11) is 1.72. The minimum absolute atomic E-state index is 0.757. The Morgan fingerprint density at radius 3 is 1.82 bits per heavy atom. The Balaban J connectivity index is 3.20. The summed E-state index contributed by atoms with van der Waals surface area (Å²) in [6, 6.07) is 1.96. The van der Waals surface area contributed by atoms with E-state index >= 15 is 0 Å². The van der Waals surface area contributed by atoms with Gasteiger partial charge >= 0.3 is 141 Å². The summed E-state index contributed by atoms with van der Waals surface area (Å²) < 4.78 is 10.9. The van der Waals surface area contributed by atoms with E-state index in [0.29, 0.717) is 0 Å². The van der Waals surface area contributed by atoms with Crippen LogP contribution in [0, 0.1) is 6.92 Å². The number of hydrogen-bond donors (Lipinski definition) is 0. The van der Waals surface area contributed by atoms with Crippen LogP contribution in [0.15, 0.2) is 6.07 Å². The van der Waals surface area contributed by atoms with Crippen LogP contribution in [-0.4, -0.2) is 35.5 Å². The van der Waals surface area contributed by atoms with E-state index in [1.807, 2.05) is 6.07 Å². The Labute approximate surface area is 141 Å². The fraction of sp³-hybridized carbons (Fsp3) is 0.778. The van der Waals surface area contributed by atoms with E-state index in [0.717, 1.165) is 11.6 Å². The second kappa shape index (κ2) is 10.5. The third-order valence-corrected chi connectivity index (χ3v) is 19.1. The molecule has 0 bridgehead atoms. The first kappa shape index (κ1) is 19.7. The van der Waals surface area contributed by atoms with Crippen molar-refractivity contribution in [2.75, 3.05) is 7.11 Å². The van der Waals surface area contributed by atoms with Gasteiger partial charge in [-0.1, -0.05) is 0 Å². The van der Waals surface area contributed by atoms with Crippen molar-refractivity contribution in [1.29, 1.82) is 0 Å². The molecule has 0 spiro atoms. The van der Waals surface area contributed by atoms with Gasteiger partial charge in [0.2, 0.25) is 0 Å². The number of nitrogens with zero attached hydrogens (tertiary/aromatic N) is 2. The van der Waals surface area contributed by atoms with Crippen LogP contribution >= 0.6 is 0 Å². The molecule has 0 aliphatic heterocycles. The standard InChI is InChI=1S/C6H7N2O.3C4H9.Sn/c1-5-3-6(9-2)8-4-7-5;3*1-3-4-2;/h3H,1-2H3;3*1,3-4H2,2H3;. The first-order valence-corrected chi connectivity index (χ1v) is 16.5.